The van der Waals surface area contributed by atoms with E-state index in [1.165, 1.54) is 12.1 Å². The molecular weight excluding hydrogens is 310 g/mol. The van der Waals surface area contributed by atoms with Gasteiger partial charge in [-0.05, 0) is 29.4 Å². The molecule has 0 unspecified atom stereocenters. The number of amides is 1. The van der Waals surface area contributed by atoms with Crippen LogP contribution in [0.3, 0.4) is 0 Å². The first kappa shape index (κ1) is 17.3. The predicted molar refractivity (Wildman–Crippen MR) is 78.3 cm³/mol. The van der Waals surface area contributed by atoms with Gasteiger partial charge in [0.25, 0.3) is 11.6 Å². The molecule has 0 aliphatic heterocycles. The lowest BCUT2D eigenvalue weighted by molar-refractivity contribution is -0.385. The first-order valence-corrected chi connectivity index (χ1v) is 7.07. The molecule has 2 rings (SSSR count). The number of benzene rings is 1. The maximum atomic E-state index is 14.5. The molecule has 8 heteroatoms. The number of nitro benzene ring substituents is 1. The Morgan fingerprint density at radius 1 is 1.39 bits per heavy atom. The van der Waals surface area contributed by atoms with Gasteiger partial charge in [-0.3, -0.25) is 14.9 Å². The van der Waals surface area contributed by atoms with Gasteiger partial charge >= 0.3 is 0 Å². The number of carbonyl (C=O) groups excluding carboxylic acids is 1. The van der Waals surface area contributed by atoms with E-state index in [-0.39, 0.29) is 18.4 Å². The molecule has 0 bridgehead atoms. The number of nitrogens with two attached hydrogens (primary N) is 1. The van der Waals surface area contributed by atoms with Gasteiger partial charge in [0.15, 0.2) is 0 Å². The third kappa shape index (κ3) is 2.37. The summed E-state index contributed by atoms with van der Waals surface area (Å²) >= 11 is 0. The number of halogens is 2. The van der Waals surface area contributed by atoms with Gasteiger partial charge in [0, 0.05) is 12.1 Å². The van der Waals surface area contributed by atoms with E-state index in [9.17, 15) is 23.7 Å². The molecule has 0 aromatic heterocycles. The van der Waals surface area contributed by atoms with E-state index in [4.69, 9.17) is 10.8 Å². The van der Waals surface area contributed by atoms with Crippen LogP contribution >= 0.6 is 0 Å². The summed E-state index contributed by atoms with van der Waals surface area (Å²) < 4.78 is 29.0. The van der Waals surface area contributed by atoms with Crippen LogP contribution in [-0.4, -0.2) is 28.5 Å². The molecule has 0 radical (unpaired) electrons. The summed E-state index contributed by atoms with van der Waals surface area (Å²) in [6.07, 6.45) is -0.0621. The van der Waals surface area contributed by atoms with Gasteiger partial charge in [-0.1, -0.05) is 19.9 Å². The summed E-state index contributed by atoms with van der Waals surface area (Å²) in [5, 5.41) is 20.1. The van der Waals surface area contributed by atoms with Crippen LogP contribution in [0.4, 0.5) is 14.5 Å². The normalized spacial score (nSPS) is 23.2. The lowest BCUT2D eigenvalue weighted by Gasteiger charge is -2.46. The lowest BCUT2D eigenvalue weighted by Crippen LogP contribution is -2.59. The third-order valence-corrected chi connectivity index (χ3v) is 4.77. The van der Waals surface area contributed by atoms with Gasteiger partial charge in [0.2, 0.25) is 5.91 Å². The highest BCUT2D eigenvalue weighted by atomic mass is 19.3. The molecule has 1 aliphatic carbocycles. The fraction of sp³-hybridized carbons (Fsp3) is 0.533. The average Bonchev–Trinajstić information content (AvgIpc) is 2.46. The third-order valence-electron chi connectivity index (χ3n) is 4.77. The lowest BCUT2D eigenvalue weighted by atomic mass is 9.59. The Balaban J connectivity index is 2.86. The summed E-state index contributed by atoms with van der Waals surface area (Å²) in [5.74, 6) is -5.12. The van der Waals surface area contributed by atoms with E-state index in [1.807, 2.05) is 0 Å². The van der Waals surface area contributed by atoms with Crippen molar-refractivity contribution >= 4 is 11.6 Å². The minimum Gasteiger partial charge on any atom is -0.390 e. The zero-order valence-electron chi connectivity index (χ0n) is 12.8. The molecule has 0 saturated carbocycles. The summed E-state index contributed by atoms with van der Waals surface area (Å²) in [4.78, 5) is 22.3. The van der Waals surface area contributed by atoms with Crippen LogP contribution in [0.1, 0.15) is 37.8 Å². The van der Waals surface area contributed by atoms with Crippen molar-refractivity contribution in [1.82, 2.24) is 0 Å². The summed E-state index contributed by atoms with van der Waals surface area (Å²) in [6, 6.07) is 3.58. The van der Waals surface area contributed by atoms with Gasteiger partial charge in [-0.2, -0.15) is 0 Å². The molecule has 1 atom stereocenters. The second-order valence-corrected chi connectivity index (χ2v) is 6.50. The molecule has 1 aromatic rings. The maximum Gasteiger partial charge on any atom is 0.288 e. The molecule has 23 heavy (non-hydrogen) atoms. The van der Waals surface area contributed by atoms with Crippen LogP contribution in [0.15, 0.2) is 18.2 Å². The highest BCUT2D eigenvalue weighted by Gasteiger charge is 2.62. The number of primary amides is 1. The first-order chi connectivity index (χ1) is 10.5. The number of aliphatic hydroxyl groups is 1. The van der Waals surface area contributed by atoms with Crippen LogP contribution in [0, 0.1) is 10.1 Å². The summed E-state index contributed by atoms with van der Waals surface area (Å²) in [6.45, 7) is 2.04. The molecule has 1 aliphatic rings. The SMILES string of the molecule is CC1(C)CC[C@@](C(N)=O)(C(F)(F)CO)c2cc([N+](=O)[O-])ccc21. The molecule has 1 aromatic carbocycles. The predicted octanol–water partition coefficient (Wildman–Crippen LogP) is 2.02. The average molecular weight is 328 g/mol. The number of nitrogens with zero attached hydrogens (tertiary/aromatic N) is 1. The van der Waals surface area contributed by atoms with Gasteiger partial charge in [-0.25, -0.2) is 8.78 Å². The fourth-order valence-electron chi connectivity index (χ4n) is 3.31. The molecule has 0 fully saturated rings. The minimum atomic E-state index is -3.82. The smallest absolute Gasteiger partial charge is 0.288 e. The second-order valence-electron chi connectivity index (χ2n) is 6.50. The number of alkyl halides is 2. The summed E-state index contributed by atoms with van der Waals surface area (Å²) in [7, 11) is 0. The monoisotopic (exact) mass is 328 g/mol. The van der Waals surface area contributed by atoms with Crippen LogP contribution < -0.4 is 5.73 Å². The van der Waals surface area contributed by atoms with E-state index in [0.29, 0.717) is 5.56 Å². The highest BCUT2D eigenvalue weighted by molar-refractivity contribution is 5.89. The number of carbonyl (C=O) groups is 1. The zero-order chi connectivity index (χ0) is 17.6. The van der Waals surface area contributed by atoms with Gasteiger partial charge in [0.05, 0.1) is 4.92 Å². The van der Waals surface area contributed by atoms with Crippen LogP contribution in [-0.2, 0) is 15.6 Å². The molecule has 3 N–H and O–H groups in total. The van der Waals surface area contributed by atoms with E-state index >= 15 is 0 Å². The van der Waals surface area contributed by atoms with Crippen molar-refractivity contribution < 1.29 is 23.6 Å². The van der Waals surface area contributed by atoms with Crippen LogP contribution in [0.2, 0.25) is 0 Å². The van der Waals surface area contributed by atoms with Crippen LogP contribution in [0.25, 0.3) is 0 Å². The van der Waals surface area contributed by atoms with E-state index < -0.39 is 39.9 Å². The highest BCUT2D eigenvalue weighted by Crippen LogP contribution is 2.53. The van der Waals surface area contributed by atoms with Crippen molar-refractivity contribution in [1.29, 1.82) is 0 Å². The van der Waals surface area contributed by atoms with Gasteiger partial charge in [0.1, 0.15) is 12.0 Å². The van der Waals surface area contributed by atoms with Crippen molar-refractivity contribution in [3.63, 3.8) is 0 Å². The van der Waals surface area contributed by atoms with Crippen molar-refractivity contribution in [3.05, 3.63) is 39.4 Å². The molecule has 6 nitrogen and oxygen atoms in total. The largest absolute Gasteiger partial charge is 0.390 e. The number of rotatable bonds is 4. The Morgan fingerprint density at radius 3 is 2.48 bits per heavy atom. The molecular formula is C15H18F2N2O4. The molecule has 0 heterocycles. The molecule has 1 amide bonds. The maximum absolute atomic E-state index is 14.5. The van der Waals surface area contributed by atoms with Gasteiger partial charge < -0.3 is 10.8 Å². The Bertz CT molecular complexity index is 675. The minimum absolute atomic E-state index is 0.172. The first-order valence-electron chi connectivity index (χ1n) is 7.07. The standard InChI is InChI=1S/C15H18F2N2O4/c1-13(2)5-6-14(12(18)21,15(16,17)8-20)11-7-9(19(22)23)3-4-10(11)13/h3-4,7,20H,5-6,8H2,1-2H3,(H2,18,21)/t14-/m1/s1. The van der Waals surface area contributed by atoms with Crippen molar-refractivity contribution in [2.24, 2.45) is 5.73 Å². The molecule has 0 saturated heterocycles. The Kier molecular flexibility index (Phi) is 3.92. The number of hydrogen-bond donors (Lipinski definition) is 2. The number of fused-ring (bicyclic) bond motifs is 1. The number of nitro groups is 1. The second kappa shape index (κ2) is 5.23. The van der Waals surface area contributed by atoms with Crippen molar-refractivity contribution in [3.8, 4) is 0 Å². The van der Waals surface area contributed by atoms with E-state index in [2.05, 4.69) is 0 Å². The van der Waals surface area contributed by atoms with Crippen LogP contribution in [0.5, 0.6) is 0 Å². The van der Waals surface area contributed by atoms with Crippen molar-refractivity contribution in [2.75, 3.05) is 6.61 Å². The number of non-ortho nitro benzene ring substituents is 1. The number of hydrogen-bond acceptors (Lipinski definition) is 4. The van der Waals surface area contributed by atoms with E-state index in [1.54, 1.807) is 13.8 Å². The molecule has 0 spiro atoms. The van der Waals surface area contributed by atoms with Crippen molar-refractivity contribution in [2.45, 2.75) is 43.4 Å². The zero-order valence-corrected chi connectivity index (χ0v) is 12.8. The van der Waals surface area contributed by atoms with Gasteiger partial charge in [-0.15, -0.1) is 0 Å². The fourth-order valence-corrected chi connectivity index (χ4v) is 3.31. The topological polar surface area (TPSA) is 106 Å². The summed E-state index contributed by atoms with van der Waals surface area (Å²) in [5.41, 5.74) is 2.12. The Hall–Kier alpha value is -2.09. The number of aliphatic hydroxyl groups excluding tert-OH is 1. The Labute approximate surface area is 131 Å². The Morgan fingerprint density at radius 2 is 2.00 bits per heavy atom. The molecule has 126 valence electrons. The van der Waals surface area contributed by atoms with E-state index in [0.717, 1.165) is 6.07 Å². The quantitative estimate of drug-likeness (QED) is 0.651.